The van der Waals surface area contributed by atoms with E-state index in [1.165, 1.54) is 0 Å². The van der Waals surface area contributed by atoms with Crippen LogP contribution in [0.4, 0.5) is 17.3 Å². The Hall–Kier alpha value is -3.06. The quantitative estimate of drug-likeness (QED) is 0.670. The summed E-state index contributed by atoms with van der Waals surface area (Å²) >= 11 is 0. The monoisotopic (exact) mass is 338 g/mol. The number of aromatic nitrogens is 2. The Balaban J connectivity index is 1.76. The molecule has 25 heavy (non-hydrogen) atoms. The summed E-state index contributed by atoms with van der Waals surface area (Å²) in [6.07, 6.45) is 0.360. The van der Waals surface area contributed by atoms with Crippen molar-refractivity contribution in [2.45, 2.75) is 12.5 Å². The first-order valence-electron chi connectivity index (χ1n) is 7.95. The standard InChI is InChI=1S/C18H18N4O3/c1-24-11-6-10-7-12(9-23)25-16(10)15(8-11)22-18-17(19)20-13-4-2-3-5-14(13)21-18/h2-6,8,12,23H,7,9H2,1H3,(H2,19,20)(H,21,22). The van der Waals surface area contributed by atoms with Gasteiger partial charge in [0.15, 0.2) is 11.6 Å². The average molecular weight is 338 g/mol. The van der Waals surface area contributed by atoms with Crippen LogP contribution in [0.15, 0.2) is 36.4 Å². The molecule has 2 aromatic carbocycles. The molecule has 3 aromatic rings. The largest absolute Gasteiger partial charge is 0.497 e. The number of benzene rings is 2. The van der Waals surface area contributed by atoms with Crippen LogP contribution in [0, 0.1) is 0 Å². The Morgan fingerprint density at radius 1 is 1.28 bits per heavy atom. The number of nitrogens with zero attached hydrogens (tertiary/aromatic N) is 2. The number of anilines is 3. The smallest absolute Gasteiger partial charge is 0.174 e. The van der Waals surface area contributed by atoms with Crippen molar-refractivity contribution in [3.8, 4) is 11.5 Å². The van der Waals surface area contributed by atoms with Gasteiger partial charge in [0, 0.05) is 18.1 Å². The molecule has 1 aliphatic rings. The number of methoxy groups -OCH3 is 1. The number of nitrogen functional groups attached to an aromatic ring is 1. The molecule has 128 valence electrons. The molecule has 7 nitrogen and oxygen atoms in total. The van der Waals surface area contributed by atoms with Crippen molar-refractivity contribution in [2.24, 2.45) is 0 Å². The minimum atomic E-state index is -0.261. The summed E-state index contributed by atoms with van der Waals surface area (Å²) in [4.78, 5) is 8.93. The highest BCUT2D eigenvalue weighted by molar-refractivity contribution is 5.82. The van der Waals surface area contributed by atoms with E-state index >= 15 is 0 Å². The molecule has 0 radical (unpaired) electrons. The van der Waals surface area contributed by atoms with Crippen molar-refractivity contribution in [1.82, 2.24) is 9.97 Å². The van der Waals surface area contributed by atoms with Gasteiger partial charge in [0.05, 0.1) is 30.4 Å². The van der Waals surface area contributed by atoms with Crippen molar-refractivity contribution in [3.05, 3.63) is 42.0 Å². The lowest BCUT2D eigenvalue weighted by Crippen LogP contribution is -2.17. The van der Waals surface area contributed by atoms with Gasteiger partial charge >= 0.3 is 0 Å². The van der Waals surface area contributed by atoms with E-state index in [9.17, 15) is 5.11 Å². The second-order valence-electron chi connectivity index (χ2n) is 5.86. The van der Waals surface area contributed by atoms with Crippen molar-refractivity contribution < 1.29 is 14.6 Å². The van der Waals surface area contributed by atoms with Gasteiger partial charge in [0.25, 0.3) is 0 Å². The van der Waals surface area contributed by atoms with E-state index in [1.54, 1.807) is 7.11 Å². The van der Waals surface area contributed by atoms with E-state index in [0.29, 0.717) is 35.2 Å². The van der Waals surface area contributed by atoms with Gasteiger partial charge in [-0.2, -0.15) is 0 Å². The maximum atomic E-state index is 9.39. The maximum Gasteiger partial charge on any atom is 0.174 e. The number of fused-ring (bicyclic) bond motifs is 2. The second kappa shape index (κ2) is 6.10. The first-order valence-corrected chi connectivity index (χ1v) is 7.95. The Labute approximate surface area is 144 Å². The molecule has 7 heteroatoms. The number of aliphatic hydroxyl groups is 1. The van der Waals surface area contributed by atoms with E-state index in [1.807, 2.05) is 36.4 Å². The van der Waals surface area contributed by atoms with Gasteiger partial charge in [-0.3, -0.25) is 0 Å². The Bertz CT molecular complexity index is 945. The molecule has 0 aliphatic carbocycles. The third-order valence-corrected chi connectivity index (χ3v) is 4.16. The zero-order chi connectivity index (χ0) is 17.4. The molecule has 0 amide bonds. The molecule has 1 aliphatic heterocycles. The Kier molecular flexibility index (Phi) is 3.77. The van der Waals surface area contributed by atoms with E-state index in [-0.39, 0.29) is 12.7 Å². The van der Waals surface area contributed by atoms with Crippen LogP contribution < -0.4 is 20.5 Å². The highest BCUT2D eigenvalue weighted by Crippen LogP contribution is 2.41. The van der Waals surface area contributed by atoms with Crippen molar-refractivity contribution in [1.29, 1.82) is 0 Å². The summed E-state index contributed by atoms with van der Waals surface area (Å²) in [5.74, 6) is 2.11. The maximum absolute atomic E-state index is 9.39. The van der Waals surface area contributed by atoms with E-state index in [2.05, 4.69) is 15.3 Å². The number of nitrogens with two attached hydrogens (primary N) is 1. The van der Waals surface area contributed by atoms with Gasteiger partial charge in [-0.05, 0) is 18.2 Å². The van der Waals surface area contributed by atoms with E-state index < -0.39 is 0 Å². The molecular weight excluding hydrogens is 320 g/mol. The Morgan fingerprint density at radius 3 is 2.76 bits per heavy atom. The van der Waals surface area contributed by atoms with Crippen molar-refractivity contribution in [2.75, 3.05) is 24.8 Å². The van der Waals surface area contributed by atoms with Crippen molar-refractivity contribution in [3.63, 3.8) is 0 Å². The SMILES string of the molecule is COc1cc2c(c(Nc3nc4ccccc4nc3N)c1)OC(CO)C2. The molecular formula is C18H18N4O3. The van der Waals surface area contributed by atoms with Crippen LogP contribution in [0.1, 0.15) is 5.56 Å². The molecule has 1 unspecified atom stereocenters. The third kappa shape index (κ3) is 2.78. The molecule has 4 N–H and O–H groups in total. The minimum absolute atomic E-state index is 0.0473. The van der Waals surface area contributed by atoms with Gasteiger partial charge in [-0.15, -0.1) is 0 Å². The molecule has 0 saturated heterocycles. The lowest BCUT2D eigenvalue weighted by Gasteiger charge is -2.14. The predicted octanol–water partition coefficient (Wildman–Crippen LogP) is 2.26. The molecule has 1 atom stereocenters. The first kappa shape index (κ1) is 15.5. The number of nitrogens with one attached hydrogen (secondary N) is 1. The molecule has 1 aromatic heterocycles. The number of aliphatic hydroxyl groups excluding tert-OH is 1. The van der Waals surface area contributed by atoms with Crippen LogP contribution in [0.25, 0.3) is 11.0 Å². The fourth-order valence-corrected chi connectivity index (χ4v) is 2.95. The molecule has 0 fully saturated rings. The number of rotatable bonds is 4. The number of hydrogen-bond donors (Lipinski definition) is 3. The second-order valence-corrected chi connectivity index (χ2v) is 5.86. The van der Waals surface area contributed by atoms with E-state index in [4.69, 9.17) is 15.2 Å². The summed E-state index contributed by atoms with van der Waals surface area (Å²) < 4.78 is 11.2. The topological polar surface area (TPSA) is 103 Å². The number of para-hydroxylation sites is 2. The van der Waals surface area contributed by atoms with Crippen LogP contribution in [-0.2, 0) is 6.42 Å². The van der Waals surface area contributed by atoms with Crippen molar-refractivity contribution >= 4 is 28.4 Å². The van der Waals surface area contributed by atoms with Crippen LogP contribution >= 0.6 is 0 Å². The molecule has 4 rings (SSSR count). The predicted molar refractivity (Wildman–Crippen MR) is 95.4 cm³/mol. The van der Waals surface area contributed by atoms with Gasteiger partial charge < -0.3 is 25.6 Å². The number of hydrogen-bond acceptors (Lipinski definition) is 7. The fourth-order valence-electron chi connectivity index (χ4n) is 2.95. The highest BCUT2D eigenvalue weighted by atomic mass is 16.5. The first-order chi connectivity index (χ1) is 12.2. The minimum Gasteiger partial charge on any atom is -0.497 e. The van der Waals surface area contributed by atoms with Crippen LogP contribution in [0.3, 0.4) is 0 Å². The normalized spacial score (nSPS) is 15.7. The van der Waals surface area contributed by atoms with Gasteiger partial charge in [-0.1, -0.05) is 12.1 Å². The third-order valence-electron chi connectivity index (χ3n) is 4.16. The lowest BCUT2D eigenvalue weighted by atomic mass is 10.1. The van der Waals surface area contributed by atoms with Gasteiger partial charge in [0.2, 0.25) is 0 Å². The van der Waals surface area contributed by atoms with Crippen LogP contribution in [-0.4, -0.2) is 34.9 Å². The van der Waals surface area contributed by atoms with E-state index in [0.717, 1.165) is 16.6 Å². The molecule has 2 heterocycles. The fraction of sp³-hybridized carbons (Fsp3) is 0.222. The van der Waals surface area contributed by atoms with Crippen LogP contribution in [0.2, 0.25) is 0 Å². The zero-order valence-electron chi connectivity index (χ0n) is 13.7. The van der Waals surface area contributed by atoms with Gasteiger partial charge in [-0.25, -0.2) is 9.97 Å². The van der Waals surface area contributed by atoms with Gasteiger partial charge in [0.1, 0.15) is 17.6 Å². The lowest BCUT2D eigenvalue weighted by molar-refractivity contribution is 0.135. The Morgan fingerprint density at radius 2 is 2.04 bits per heavy atom. The van der Waals surface area contributed by atoms with Crippen LogP contribution in [0.5, 0.6) is 11.5 Å². The summed E-state index contributed by atoms with van der Waals surface area (Å²) in [5.41, 5.74) is 9.18. The zero-order valence-corrected chi connectivity index (χ0v) is 13.7. The molecule has 0 spiro atoms. The highest BCUT2D eigenvalue weighted by Gasteiger charge is 2.26. The summed E-state index contributed by atoms with van der Waals surface area (Å²) in [5, 5.41) is 12.6. The molecule has 0 bridgehead atoms. The summed E-state index contributed by atoms with van der Waals surface area (Å²) in [6.45, 7) is -0.0473. The summed E-state index contributed by atoms with van der Waals surface area (Å²) in [6, 6.07) is 11.2. The number of ether oxygens (including phenoxy) is 2. The summed E-state index contributed by atoms with van der Waals surface area (Å²) in [7, 11) is 1.61. The average Bonchev–Trinajstić information content (AvgIpc) is 3.05. The molecule has 0 saturated carbocycles.